The predicted octanol–water partition coefficient (Wildman–Crippen LogP) is 3.38. The van der Waals surface area contributed by atoms with E-state index in [-0.39, 0.29) is 24.5 Å². The lowest BCUT2D eigenvalue weighted by Crippen LogP contribution is -2.32. The molecule has 1 aliphatic heterocycles. The number of carbonyl (C=O) groups excluding carboxylic acids is 2. The second-order valence-corrected chi connectivity index (χ2v) is 7.08. The van der Waals surface area contributed by atoms with Crippen molar-refractivity contribution in [2.24, 2.45) is 0 Å². The van der Waals surface area contributed by atoms with Gasteiger partial charge >= 0.3 is 0 Å². The first kappa shape index (κ1) is 20.6. The van der Waals surface area contributed by atoms with E-state index in [0.29, 0.717) is 11.3 Å². The van der Waals surface area contributed by atoms with E-state index in [0.717, 1.165) is 16.7 Å². The van der Waals surface area contributed by atoms with Gasteiger partial charge in [0.05, 0.1) is 25.3 Å². The summed E-state index contributed by atoms with van der Waals surface area (Å²) in [6.07, 6.45) is 0. The molecule has 0 spiro atoms. The highest BCUT2D eigenvalue weighted by Crippen LogP contribution is 2.39. The maximum absolute atomic E-state index is 12.9. The van der Waals surface area contributed by atoms with Crippen molar-refractivity contribution >= 4 is 17.4 Å². The van der Waals surface area contributed by atoms with Gasteiger partial charge in [-0.25, -0.2) is 0 Å². The van der Waals surface area contributed by atoms with E-state index < -0.39 is 17.7 Å². The predicted molar refractivity (Wildman–Crippen MR) is 110 cm³/mol. The minimum Gasteiger partial charge on any atom is -0.507 e. The van der Waals surface area contributed by atoms with E-state index in [9.17, 15) is 14.7 Å². The fourth-order valence-corrected chi connectivity index (χ4v) is 3.67. The number of nitrogens with zero attached hydrogens (tertiary/aromatic N) is 1. The molecule has 1 N–H and O–H groups in total. The summed E-state index contributed by atoms with van der Waals surface area (Å²) in [6, 6.07) is 12.1. The van der Waals surface area contributed by atoms with Crippen molar-refractivity contribution < 1.29 is 24.2 Å². The van der Waals surface area contributed by atoms with E-state index >= 15 is 0 Å². The molecule has 1 saturated heterocycles. The maximum Gasteiger partial charge on any atom is 0.295 e. The Morgan fingerprint density at radius 2 is 1.86 bits per heavy atom. The Labute approximate surface area is 170 Å². The number of carbonyl (C=O) groups is 2. The lowest BCUT2D eigenvalue weighted by Gasteiger charge is -2.25. The standard InChI is InChI=1S/C23H25NO5/c1-14-6-5-7-16(12-14)20-19(22(26)23(27)24(20)10-11-28-3)21(25)17-8-9-18(29-4)15(2)13-17/h5-9,12-13,20,25H,10-11H2,1-4H3/b21-19-. The number of aryl methyl sites for hydroxylation is 2. The van der Waals surface area contributed by atoms with E-state index in [1.807, 2.05) is 38.1 Å². The minimum atomic E-state index is -0.696. The van der Waals surface area contributed by atoms with Crippen LogP contribution in [-0.4, -0.2) is 49.1 Å². The van der Waals surface area contributed by atoms with Gasteiger partial charge in [0.25, 0.3) is 11.7 Å². The Bertz CT molecular complexity index is 979. The zero-order chi connectivity index (χ0) is 21.1. The first-order valence-electron chi connectivity index (χ1n) is 9.38. The van der Waals surface area contributed by atoms with Crippen LogP contribution in [0.15, 0.2) is 48.0 Å². The van der Waals surface area contributed by atoms with Crippen LogP contribution in [-0.2, 0) is 14.3 Å². The number of aliphatic hydroxyl groups excluding tert-OH is 1. The Morgan fingerprint density at radius 1 is 1.10 bits per heavy atom. The van der Waals surface area contributed by atoms with Crippen molar-refractivity contribution in [1.29, 1.82) is 0 Å². The molecule has 0 saturated carbocycles. The van der Waals surface area contributed by atoms with Crippen molar-refractivity contribution in [2.45, 2.75) is 19.9 Å². The molecule has 6 nitrogen and oxygen atoms in total. The van der Waals surface area contributed by atoms with Crippen molar-refractivity contribution in [2.75, 3.05) is 27.4 Å². The molecule has 0 aromatic heterocycles. The minimum absolute atomic E-state index is 0.0845. The quantitative estimate of drug-likeness (QED) is 0.461. The summed E-state index contributed by atoms with van der Waals surface area (Å²) in [7, 11) is 3.11. The second kappa shape index (κ2) is 8.49. The third kappa shape index (κ3) is 3.89. The van der Waals surface area contributed by atoms with E-state index in [2.05, 4.69) is 0 Å². The number of hydrogen-bond donors (Lipinski definition) is 1. The molecule has 1 fully saturated rings. The number of amides is 1. The van der Waals surface area contributed by atoms with Crippen molar-refractivity contribution in [1.82, 2.24) is 4.90 Å². The molecule has 1 aliphatic rings. The third-order valence-corrected chi connectivity index (χ3v) is 5.10. The molecule has 3 rings (SSSR count). The molecule has 1 atom stereocenters. The Balaban J connectivity index is 2.17. The van der Waals surface area contributed by atoms with Crippen molar-refractivity contribution in [3.63, 3.8) is 0 Å². The Kier molecular flexibility index (Phi) is 6.03. The lowest BCUT2D eigenvalue weighted by atomic mass is 9.94. The summed E-state index contributed by atoms with van der Waals surface area (Å²) in [5, 5.41) is 11.0. The van der Waals surface area contributed by atoms with Crippen LogP contribution in [0.25, 0.3) is 5.76 Å². The number of methoxy groups -OCH3 is 2. The molecule has 1 amide bonds. The maximum atomic E-state index is 12.9. The molecule has 1 heterocycles. The summed E-state index contributed by atoms with van der Waals surface area (Å²) >= 11 is 0. The monoisotopic (exact) mass is 395 g/mol. The van der Waals surface area contributed by atoms with Crippen LogP contribution in [0.5, 0.6) is 5.75 Å². The average molecular weight is 395 g/mol. The number of Topliss-reactive ketones (excluding diaryl/α,β-unsaturated/α-hetero) is 1. The first-order chi connectivity index (χ1) is 13.9. The molecular formula is C23H25NO5. The van der Waals surface area contributed by atoms with Gasteiger partial charge in [0.2, 0.25) is 0 Å². The molecule has 2 aromatic rings. The first-order valence-corrected chi connectivity index (χ1v) is 9.38. The molecular weight excluding hydrogens is 370 g/mol. The number of hydrogen-bond acceptors (Lipinski definition) is 5. The summed E-state index contributed by atoms with van der Waals surface area (Å²) < 4.78 is 10.4. The zero-order valence-electron chi connectivity index (χ0n) is 17.1. The van der Waals surface area contributed by atoms with Crippen LogP contribution in [0.2, 0.25) is 0 Å². The Morgan fingerprint density at radius 3 is 2.48 bits per heavy atom. The van der Waals surface area contributed by atoms with Gasteiger partial charge in [-0.1, -0.05) is 29.8 Å². The molecule has 0 radical (unpaired) electrons. The number of benzene rings is 2. The summed E-state index contributed by atoms with van der Waals surface area (Å²) in [5.74, 6) is -0.850. The van der Waals surface area contributed by atoms with Crippen LogP contribution < -0.4 is 4.74 Å². The molecule has 6 heteroatoms. The van der Waals surface area contributed by atoms with Crippen LogP contribution in [0.3, 0.4) is 0 Å². The molecule has 0 aliphatic carbocycles. The van der Waals surface area contributed by atoms with Crippen molar-refractivity contribution in [3.05, 3.63) is 70.3 Å². The fraction of sp³-hybridized carbons (Fsp3) is 0.304. The van der Waals surface area contributed by atoms with Crippen LogP contribution in [0.4, 0.5) is 0 Å². The van der Waals surface area contributed by atoms with Crippen LogP contribution in [0, 0.1) is 13.8 Å². The van der Waals surface area contributed by atoms with Crippen LogP contribution >= 0.6 is 0 Å². The number of likely N-dealkylation sites (tertiary alicyclic amines) is 1. The number of aliphatic hydroxyl groups is 1. The van der Waals surface area contributed by atoms with E-state index in [1.165, 1.54) is 4.90 Å². The van der Waals surface area contributed by atoms with Gasteiger partial charge in [0, 0.05) is 19.2 Å². The zero-order valence-corrected chi connectivity index (χ0v) is 17.1. The van der Waals surface area contributed by atoms with Gasteiger partial charge in [-0.15, -0.1) is 0 Å². The van der Waals surface area contributed by atoms with Gasteiger partial charge < -0.3 is 19.5 Å². The highest BCUT2D eigenvalue weighted by molar-refractivity contribution is 6.46. The Hall–Kier alpha value is -3.12. The smallest absolute Gasteiger partial charge is 0.295 e. The molecule has 0 bridgehead atoms. The number of ether oxygens (including phenoxy) is 2. The van der Waals surface area contributed by atoms with Gasteiger partial charge in [-0.2, -0.15) is 0 Å². The molecule has 152 valence electrons. The fourth-order valence-electron chi connectivity index (χ4n) is 3.67. The number of ketones is 1. The van der Waals surface area contributed by atoms with E-state index in [1.54, 1.807) is 32.4 Å². The summed E-state index contributed by atoms with van der Waals surface area (Å²) in [6.45, 7) is 4.33. The van der Waals surface area contributed by atoms with Gasteiger partial charge in [-0.05, 0) is 43.2 Å². The lowest BCUT2D eigenvalue weighted by molar-refractivity contribution is -0.140. The number of rotatable bonds is 6. The summed E-state index contributed by atoms with van der Waals surface area (Å²) in [5.41, 5.74) is 3.14. The highest BCUT2D eigenvalue weighted by Gasteiger charge is 2.45. The largest absolute Gasteiger partial charge is 0.507 e. The third-order valence-electron chi connectivity index (χ3n) is 5.10. The molecule has 2 aromatic carbocycles. The normalized spacial score (nSPS) is 18.3. The highest BCUT2D eigenvalue weighted by atomic mass is 16.5. The SMILES string of the molecule is COCCN1C(=O)C(=O)/C(=C(\O)c2ccc(OC)c(C)c2)C1c1cccc(C)c1. The van der Waals surface area contributed by atoms with Gasteiger partial charge in [0.1, 0.15) is 11.5 Å². The van der Waals surface area contributed by atoms with E-state index in [4.69, 9.17) is 9.47 Å². The topological polar surface area (TPSA) is 76.1 Å². The van der Waals surface area contributed by atoms with Gasteiger partial charge in [0.15, 0.2) is 0 Å². The summed E-state index contributed by atoms with van der Waals surface area (Å²) in [4.78, 5) is 27.1. The molecule has 1 unspecified atom stereocenters. The van der Waals surface area contributed by atoms with Gasteiger partial charge in [-0.3, -0.25) is 9.59 Å². The average Bonchev–Trinajstić information content (AvgIpc) is 2.96. The van der Waals surface area contributed by atoms with Crippen LogP contribution in [0.1, 0.15) is 28.3 Å². The van der Waals surface area contributed by atoms with Crippen molar-refractivity contribution in [3.8, 4) is 5.75 Å². The second-order valence-electron chi connectivity index (χ2n) is 7.08. The molecule has 29 heavy (non-hydrogen) atoms.